The van der Waals surface area contributed by atoms with E-state index in [0.717, 1.165) is 12.1 Å². The first-order valence-corrected chi connectivity index (χ1v) is 9.84. The molecule has 1 aliphatic heterocycles. The molecular weight excluding hydrogens is 382 g/mol. The molecule has 0 saturated carbocycles. The first-order chi connectivity index (χ1) is 14.7. The number of amides is 2. The number of nitrogens with zero attached hydrogens (tertiary/aromatic N) is 5. The van der Waals surface area contributed by atoms with E-state index >= 15 is 0 Å². The number of hydrogen-bond donors (Lipinski definition) is 0. The number of carbonyl (C=O) groups is 2. The molecule has 0 bridgehead atoms. The fourth-order valence-electron chi connectivity index (χ4n) is 3.60. The molecule has 8 heteroatoms. The molecule has 1 aliphatic rings. The SMILES string of the molecule is COc1ccccc1C(=O)N1CCCN(C(=O)c2ccc(-n3cncn3)cc2)CC1. The number of ether oxygens (including phenoxy) is 1. The Hall–Kier alpha value is -3.68. The summed E-state index contributed by atoms with van der Waals surface area (Å²) in [5.74, 6) is 0.456. The monoisotopic (exact) mass is 405 g/mol. The number of benzene rings is 2. The second-order valence-electron chi connectivity index (χ2n) is 7.03. The maximum Gasteiger partial charge on any atom is 0.257 e. The Labute approximate surface area is 174 Å². The molecular formula is C22H23N5O3. The van der Waals surface area contributed by atoms with Crippen LogP contribution in [-0.4, -0.2) is 69.7 Å². The average Bonchev–Trinajstić information content (AvgIpc) is 3.23. The van der Waals surface area contributed by atoms with E-state index in [4.69, 9.17) is 4.74 Å². The lowest BCUT2D eigenvalue weighted by atomic mass is 10.1. The molecule has 0 radical (unpaired) electrons. The van der Waals surface area contributed by atoms with E-state index in [-0.39, 0.29) is 11.8 Å². The topological polar surface area (TPSA) is 80.6 Å². The third-order valence-corrected chi connectivity index (χ3v) is 5.21. The highest BCUT2D eigenvalue weighted by Gasteiger charge is 2.25. The van der Waals surface area contributed by atoms with Gasteiger partial charge in [0, 0.05) is 31.7 Å². The van der Waals surface area contributed by atoms with Crippen molar-refractivity contribution in [2.75, 3.05) is 33.3 Å². The van der Waals surface area contributed by atoms with Crippen molar-refractivity contribution in [1.29, 1.82) is 0 Å². The van der Waals surface area contributed by atoms with Crippen LogP contribution in [-0.2, 0) is 0 Å². The molecule has 0 N–H and O–H groups in total. The van der Waals surface area contributed by atoms with Gasteiger partial charge in [-0.05, 0) is 42.8 Å². The van der Waals surface area contributed by atoms with Crippen molar-refractivity contribution in [3.05, 3.63) is 72.3 Å². The van der Waals surface area contributed by atoms with E-state index < -0.39 is 0 Å². The molecule has 4 rings (SSSR count). The van der Waals surface area contributed by atoms with Crippen LogP contribution < -0.4 is 4.74 Å². The number of aromatic nitrogens is 3. The van der Waals surface area contributed by atoms with Crippen LogP contribution in [0.3, 0.4) is 0 Å². The lowest BCUT2D eigenvalue weighted by molar-refractivity contribution is 0.0717. The summed E-state index contributed by atoms with van der Waals surface area (Å²) in [6.07, 6.45) is 3.80. The number of carbonyl (C=O) groups excluding carboxylic acids is 2. The number of para-hydroxylation sites is 1. The second kappa shape index (κ2) is 8.77. The average molecular weight is 405 g/mol. The van der Waals surface area contributed by atoms with E-state index in [0.29, 0.717) is 43.1 Å². The standard InChI is InChI=1S/C22H23N5O3/c1-30-20-6-3-2-5-19(20)22(29)26-12-4-11-25(13-14-26)21(28)17-7-9-18(10-8-17)27-16-23-15-24-27/h2-3,5-10,15-16H,4,11-14H2,1H3. The summed E-state index contributed by atoms with van der Waals surface area (Å²) >= 11 is 0. The number of hydrogen-bond acceptors (Lipinski definition) is 5. The highest BCUT2D eigenvalue weighted by molar-refractivity contribution is 5.97. The summed E-state index contributed by atoms with van der Waals surface area (Å²) in [7, 11) is 1.56. The first-order valence-electron chi connectivity index (χ1n) is 9.84. The summed E-state index contributed by atoms with van der Waals surface area (Å²) in [5, 5.41) is 4.09. The molecule has 1 saturated heterocycles. The highest BCUT2D eigenvalue weighted by Crippen LogP contribution is 2.20. The van der Waals surface area contributed by atoms with Crippen LogP contribution in [0, 0.1) is 0 Å². The van der Waals surface area contributed by atoms with Gasteiger partial charge in [0.15, 0.2) is 0 Å². The van der Waals surface area contributed by atoms with Gasteiger partial charge in [-0.2, -0.15) is 5.10 Å². The number of methoxy groups -OCH3 is 1. The normalized spacial score (nSPS) is 14.3. The lowest BCUT2D eigenvalue weighted by Crippen LogP contribution is -2.37. The molecule has 1 fully saturated rings. The third kappa shape index (κ3) is 4.03. The van der Waals surface area contributed by atoms with E-state index in [1.807, 2.05) is 24.3 Å². The Morgan fingerprint density at radius 1 is 0.900 bits per heavy atom. The minimum atomic E-state index is -0.0704. The largest absolute Gasteiger partial charge is 0.496 e. The maximum atomic E-state index is 13.0. The van der Waals surface area contributed by atoms with Crippen molar-refractivity contribution in [1.82, 2.24) is 24.6 Å². The van der Waals surface area contributed by atoms with E-state index in [9.17, 15) is 9.59 Å². The van der Waals surface area contributed by atoms with Gasteiger partial charge in [-0.3, -0.25) is 9.59 Å². The van der Waals surface area contributed by atoms with Gasteiger partial charge in [0.05, 0.1) is 18.4 Å². The molecule has 30 heavy (non-hydrogen) atoms. The Morgan fingerprint density at radius 3 is 2.27 bits per heavy atom. The smallest absolute Gasteiger partial charge is 0.257 e. The van der Waals surface area contributed by atoms with Crippen LogP contribution in [0.4, 0.5) is 0 Å². The van der Waals surface area contributed by atoms with Crippen molar-refractivity contribution in [3.8, 4) is 11.4 Å². The van der Waals surface area contributed by atoms with Gasteiger partial charge in [0.2, 0.25) is 0 Å². The predicted octanol–water partition coefficient (Wildman–Crippen LogP) is 2.26. The van der Waals surface area contributed by atoms with Crippen LogP contribution in [0.5, 0.6) is 5.75 Å². The van der Waals surface area contributed by atoms with Gasteiger partial charge in [-0.15, -0.1) is 0 Å². The molecule has 0 spiro atoms. The van der Waals surface area contributed by atoms with Crippen LogP contribution in [0.25, 0.3) is 5.69 Å². The minimum Gasteiger partial charge on any atom is -0.496 e. The fraction of sp³-hybridized carbons (Fsp3) is 0.273. The summed E-state index contributed by atoms with van der Waals surface area (Å²) in [6, 6.07) is 14.5. The molecule has 2 heterocycles. The zero-order valence-corrected chi connectivity index (χ0v) is 16.8. The molecule has 0 aliphatic carbocycles. The summed E-state index contributed by atoms with van der Waals surface area (Å²) < 4.78 is 6.96. The van der Waals surface area contributed by atoms with Crippen LogP contribution in [0.2, 0.25) is 0 Å². The molecule has 1 aromatic heterocycles. The van der Waals surface area contributed by atoms with E-state index in [2.05, 4.69) is 10.1 Å². The van der Waals surface area contributed by atoms with Crippen LogP contribution in [0.1, 0.15) is 27.1 Å². The molecule has 8 nitrogen and oxygen atoms in total. The second-order valence-corrected chi connectivity index (χ2v) is 7.03. The van der Waals surface area contributed by atoms with Gasteiger partial charge in [-0.25, -0.2) is 9.67 Å². The van der Waals surface area contributed by atoms with Crippen LogP contribution >= 0.6 is 0 Å². The van der Waals surface area contributed by atoms with Gasteiger partial charge < -0.3 is 14.5 Å². The van der Waals surface area contributed by atoms with Gasteiger partial charge in [0.1, 0.15) is 18.4 Å². The van der Waals surface area contributed by atoms with Gasteiger partial charge in [0.25, 0.3) is 11.8 Å². The number of rotatable bonds is 4. The zero-order chi connectivity index (χ0) is 20.9. The minimum absolute atomic E-state index is 0.0354. The molecule has 2 amide bonds. The van der Waals surface area contributed by atoms with Crippen molar-refractivity contribution in [2.24, 2.45) is 0 Å². The zero-order valence-electron chi connectivity index (χ0n) is 16.8. The first kappa shape index (κ1) is 19.6. The summed E-state index contributed by atoms with van der Waals surface area (Å²) in [5.41, 5.74) is 2.00. The van der Waals surface area contributed by atoms with E-state index in [1.54, 1.807) is 52.2 Å². The molecule has 2 aromatic carbocycles. The molecule has 154 valence electrons. The third-order valence-electron chi connectivity index (χ3n) is 5.21. The summed E-state index contributed by atoms with van der Waals surface area (Å²) in [6.45, 7) is 2.19. The molecule has 3 aromatic rings. The van der Waals surface area contributed by atoms with Crippen molar-refractivity contribution in [3.63, 3.8) is 0 Å². The van der Waals surface area contributed by atoms with Crippen LogP contribution in [0.15, 0.2) is 61.2 Å². The molecule has 0 unspecified atom stereocenters. The molecule has 0 atom stereocenters. The van der Waals surface area contributed by atoms with Crippen molar-refractivity contribution >= 4 is 11.8 Å². The van der Waals surface area contributed by atoms with Crippen molar-refractivity contribution < 1.29 is 14.3 Å². The van der Waals surface area contributed by atoms with Gasteiger partial charge in [-0.1, -0.05) is 12.1 Å². The quantitative estimate of drug-likeness (QED) is 0.665. The van der Waals surface area contributed by atoms with Gasteiger partial charge >= 0.3 is 0 Å². The lowest BCUT2D eigenvalue weighted by Gasteiger charge is -2.23. The van der Waals surface area contributed by atoms with Crippen molar-refractivity contribution in [2.45, 2.75) is 6.42 Å². The Balaban J connectivity index is 1.42. The Kier molecular flexibility index (Phi) is 5.74. The highest BCUT2D eigenvalue weighted by atomic mass is 16.5. The fourth-order valence-corrected chi connectivity index (χ4v) is 3.60. The Bertz CT molecular complexity index is 1020. The maximum absolute atomic E-state index is 13.0. The Morgan fingerprint density at radius 2 is 1.60 bits per heavy atom. The van der Waals surface area contributed by atoms with E-state index in [1.165, 1.54) is 6.33 Å². The predicted molar refractivity (Wildman–Crippen MR) is 111 cm³/mol. The summed E-state index contributed by atoms with van der Waals surface area (Å²) in [4.78, 5) is 33.4.